The Hall–Kier alpha value is -3.41. The summed E-state index contributed by atoms with van der Waals surface area (Å²) in [6.45, 7) is 6.50. The van der Waals surface area contributed by atoms with Gasteiger partial charge in [0.25, 0.3) is 0 Å². The van der Waals surface area contributed by atoms with Crippen LogP contribution in [0.5, 0.6) is 0 Å². The molecule has 0 bridgehead atoms. The van der Waals surface area contributed by atoms with Crippen LogP contribution in [0.1, 0.15) is 361 Å². The highest BCUT2D eigenvalue weighted by Gasteiger charge is 2.19. The van der Waals surface area contributed by atoms with Gasteiger partial charge in [-0.25, -0.2) is 0 Å². The van der Waals surface area contributed by atoms with Gasteiger partial charge in [0.2, 0.25) is 0 Å². The quantitative estimate of drug-likeness (QED) is 0.0261. The number of unbranched alkanes of at least 4 members (excludes halogenated alkanes) is 40. The van der Waals surface area contributed by atoms with Crippen LogP contribution in [-0.4, -0.2) is 37.2 Å². The van der Waals surface area contributed by atoms with E-state index in [0.717, 1.165) is 96.3 Å². The molecule has 1 atom stereocenters. The van der Waals surface area contributed by atoms with Gasteiger partial charge in [-0.1, -0.05) is 331 Å². The highest BCUT2D eigenvalue weighted by atomic mass is 16.6. The van der Waals surface area contributed by atoms with Crippen molar-refractivity contribution < 1.29 is 28.6 Å². The second-order valence-corrected chi connectivity index (χ2v) is 23.8. The molecule has 0 heterocycles. The minimum atomic E-state index is -0.772. The van der Waals surface area contributed by atoms with E-state index in [0.29, 0.717) is 19.3 Å². The third kappa shape index (κ3) is 67.4. The number of hydrogen-bond donors (Lipinski definition) is 0. The lowest BCUT2D eigenvalue weighted by atomic mass is 10.0. The number of carbonyl (C=O) groups is 3. The van der Waals surface area contributed by atoms with Crippen LogP contribution in [0.4, 0.5) is 0 Å². The van der Waals surface area contributed by atoms with Crippen molar-refractivity contribution in [3.63, 3.8) is 0 Å². The lowest BCUT2D eigenvalue weighted by molar-refractivity contribution is -0.167. The van der Waals surface area contributed by atoms with Gasteiger partial charge in [0.05, 0.1) is 0 Å². The Bertz CT molecular complexity index is 1550. The predicted molar refractivity (Wildman–Crippen MR) is 358 cm³/mol. The van der Waals surface area contributed by atoms with E-state index in [-0.39, 0.29) is 31.1 Å². The molecule has 0 radical (unpaired) electrons. The molecule has 0 aromatic rings. The molecule has 0 saturated heterocycles. The first-order chi connectivity index (χ1) is 40.5. The lowest BCUT2D eigenvalue weighted by Gasteiger charge is -2.18. The summed E-state index contributed by atoms with van der Waals surface area (Å²) in [5.74, 6) is -0.865. The van der Waals surface area contributed by atoms with Gasteiger partial charge in [-0.3, -0.25) is 14.4 Å². The summed E-state index contributed by atoms with van der Waals surface area (Å²) < 4.78 is 16.9. The second-order valence-electron chi connectivity index (χ2n) is 23.8. The average Bonchev–Trinajstić information content (AvgIpc) is 3.47. The van der Waals surface area contributed by atoms with Crippen molar-refractivity contribution in [3.05, 3.63) is 85.1 Å². The highest BCUT2D eigenvalue weighted by molar-refractivity contribution is 5.71. The summed E-state index contributed by atoms with van der Waals surface area (Å²) in [6.07, 6.45) is 93.7. The average molecular weight is 1140 g/mol. The fourth-order valence-corrected chi connectivity index (χ4v) is 10.3. The van der Waals surface area contributed by atoms with Gasteiger partial charge in [-0.15, -0.1) is 0 Å². The van der Waals surface area contributed by atoms with Crippen LogP contribution in [0, 0.1) is 0 Å². The largest absolute Gasteiger partial charge is 0.462 e. The van der Waals surface area contributed by atoms with E-state index < -0.39 is 6.10 Å². The van der Waals surface area contributed by atoms with E-state index in [9.17, 15) is 14.4 Å². The number of rotatable bonds is 65. The van der Waals surface area contributed by atoms with Gasteiger partial charge in [-0.05, 0) is 96.3 Å². The van der Waals surface area contributed by atoms with E-state index in [1.54, 1.807) is 0 Å². The van der Waals surface area contributed by atoms with Gasteiger partial charge in [-0.2, -0.15) is 0 Å². The van der Waals surface area contributed by atoms with Crippen molar-refractivity contribution in [2.24, 2.45) is 0 Å². The minimum absolute atomic E-state index is 0.0720. The number of esters is 3. The van der Waals surface area contributed by atoms with E-state index in [1.165, 1.54) is 225 Å². The van der Waals surface area contributed by atoms with Gasteiger partial charge in [0, 0.05) is 19.3 Å². The molecule has 474 valence electrons. The molecule has 0 spiro atoms. The summed E-state index contributed by atoms with van der Waals surface area (Å²) >= 11 is 0. The molecule has 82 heavy (non-hydrogen) atoms. The number of hydrogen-bond acceptors (Lipinski definition) is 6. The minimum Gasteiger partial charge on any atom is -0.462 e. The molecule has 0 saturated carbocycles. The van der Waals surface area contributed by atoms with Crippen molar-refractivity contribution in [2.75, 3.05) is 13.2 Å². The van der Waals surface area contributed by atoms with E-state index >= 15 is 0 Å². The summed E-state index contributed by atoms with van der Waals surface area (Å²) in [4.78, 5) is 38.1. The Morgan fingerprint density at radius 2 is 0.476 bits per heavy atom. The Balaban J connectivity index is 3.96. The zero-order valence-electron chi connectivity index (χ0n) is 54.5. The first kappa shape index (κ1) is 78.6. The smallest absolute Gasteiger partial charge is 0.306 e. The third-order valence-corrected chi connectivity index (χ3v) is 15.6. The molecule has 0 rings (SSSR count). The first-order valence-corrected chi connectivity index (χ1v) is 35.6. The van der Waals surface area contributed by atoms with Crippen LogP contribution in [0.3, 0.4) is 0 Å². The Morgan fingerprint density at radius 1 is 0.256 bits per heavy atom. The van der Waals surface area contributed by atoms with Crippen molar-refractivity contribution in [3.8, 4) is 0 Å². The Labute approximate surface area is 509 Å². The molecule has 0 fully saturated rings. The van der Waals surface area contributed by atoms with Crippen LogP contribution in [-0.2, 0) is 28.6 Å². The zero-order valence-corrected chi connectivity index (χ0v) is 54.5. The van der Waals surface area contributed by atoms with Gasteiger partial charge >= 0.3 is 17.9 Å². The molecule has 0 aliphatic rings. The molecular formula is C76H134O6. The molecule has 0 amide bonds. The number of allylic oxidation sites excluding steroid dienone is 14. The molecule has 6 heteroatoms. The monoisotopic (exact) mass is 1140 g/mol. The van der Waals surface area contributed by atoms with Crippen molar-refractivity contribution in [2.45, 2.75) is 367 Å². The van der Waals surface area contributed by atoms with Gasteiger partial charge in [0.1, 0.15) is 13.2 Å². The molecule has 0 aromatic heterocycles. The summed E-state index contributed by atoms with van der Waals surface area (Å²) in [5.41, 5.74) is 0. The normalized spacial score (nSPS) is 12.6. The summed E-state index contributed by atoms with van der Waals surface area (Å²) in [5, 5.41) is 0. The van der Waals surface area contributed by atoms with Crippen LogP contribution in [0.2, 0.25) is 0 Å². The predicted octanol–water partition coefficient (Wildman–Crippen LogP) is 24.6. The van der Waals surface area contributed by atoms with Gasteiger partial charge in [0.15, 0.2) is 6.10 Å². The number of ether oxygens (including phenoxy) is 3. The molecule has 6 nitrogen and oxygen atoms in total. The van der Waals surface area contributed by atoms with Crippen LogP contribution in [0.15, 0.2) is 85.1 Å². The fraction of sp³-hybridized carbons (Fsp3) is 0.776. The molecule has 0 N–H and O–H groups in total. The molecule has 0 aliphatic heterocycles. The molecule has 1 unspecified atom stereocenters. The highest BCUT2D eigenvalue weighted by Crippen LogP contribution is 2.18. The molecular weight excluding hydrogens is 1010 g/mol. The topological polar surface area (TPSA) is 78.9 Å². The second kappa shape index (κ2) is 70.1. The first-order valence-electron chi connectivity index (χ1n) is 35.6. The van der Waals surface area contributed by atoms with Crippen LogP contribution in [0.25, 0.3) is 0 Å². The Kier molecular flexibility index (Phi) is 67.2. The lowest BCUT2D eigenvalue weighted by Crippen LogP contribution is -2.30. The molecule has 0 aliphatic carbocycles. The Morgan fingerprint density at radius 3 is 0.744 bits per heavy atom. The SMILES string of the molecule is CC/C=C\C/C=C\C/C=C\C/C=C\C/C=C\CCCCCCCCCCCCCCCCCCCCCC(=O)OCC(COC(=O)CCCCCCCC)OC(=O)CCCCCCCCCCCCC/C=C\C/C=C\CCCCCCC. The number of carbonyl (C=O) groups excluding carboxylic acids is 3. The van der Waals surface area contributed by atoms with Crippen molar-refractivity contribution >= 4 is 17.9 Å². The zero-order chi connectivity index (χ0) is 59.2. The fourth-order valence-electron chi connectivity index (χ4n) is 10.3. The van der Waals surface area contributed by atoms with E-state index in [4.69, 9.17) is 14.2 Å². The van der Waals surface area contributed by atoms with Gasteiger partial charge < -0.3 is 14.2 Å². The van der Waals surface area contributed by atoms with E-state index in [2.05, 4.69) is 106 Å². The third-order valence-electron chi connectivity index (χ3n) is 15.6. The van der Waals surface area contributed by atoms with Crippen molar-refractivity contribution in [1.82, 2.24) is 0 Å². The standard InChI is InChI=1S/C76H134O6/c1-4-7-10-13-16-18-20-22-24-26-28-30-32-33-34-35-36-37-38-39-40-41-42-43-45-46-48-50-52-54-56-58-60-63-66-69-75(78)81-72-73(71-80-74(77)68-65-62-15-12-9-6-3)82-76(79)70-67-64-61-59-57-55-53-51-49-47-44-31-29-27-25-23-21-19-17-14-11-8-5-2/h7,10,16,18,21-24,27-30,33-34,73H,4-6,8-9,11-15,17,19-20,25-26,31-32,35-72H2,1-3H3/b10-7-,18-16-,23-21-,24-22-,29-27-,30-28-,34-33-. The maximum Gasteiger partial charge on any atom is 0.306 e. The summed E-state index contributed by atoms with van der Waals surface area (Å²) in [6, 6.07) is 0. The van der Waals surface area contributed by atoms with Crippen LogP contribution >= 0.6 is 0 Å². The maximum atomic E-state index is 12.9. The van der Waals surface area contributed by atoms with Crippen LogP contribution < -0.4 is 0 Å². The maximum absolute atomic E-state index is 12.9. The molecule has 0 aromatic carbocycles. The van der Waals surface area contributed by atoms with E-state index in [1.807, 2.05) is 0 Å². The van der Waals surface area contributed by atoms with Crippen molar-refractivity contribution in [1.29, 1.82) is 0 Å². The summed E-state index contributed by atoms with van der Waals surface area (Å²) in [7, 11) is 0.